The molecule has 212 valence electrons. The molecule has 1 N–H and O–H groups in total. The number of furan rings is 1. The molecule has 0 saturated heterocycles. The Balaban J connectivity index is 1.24. The van der Waals surface area contributed by atoms with E-state index in [-0.39, 0.29) is 29.8 Å². The predicted molar refractivity (Wildman–Crippen MR) is 153 cm³/mol. The normalized spacial score (nSPS) is 14.7. The van der Waals surface area contributed by atoms with Gasteiger partial charge < -0.3 is 9.73 Å². The third kappa shape index (κ3) is 5.87. The molecule has 2 aromatic carbocycles. The van der Waals surface area contributed by atoms with Crippen molar-refractivity contribution in [3.05, 3.63) is 118 Å². The number of carbonyl (C=O) groups is 2. The summed E-state index contributed by atoms with van der Waals surface area (Å²) in [7, 11) is 0. The van der Waals surface area contributed by atoms with Crippen molar-refractivity contribution in [2.75, 3.05) is 5.75 Å². The van der Waals surface area contributed by atoms with Crippen LogP contribution in [0.3, 0.4) is 0 Å². The number of amides is 2. The molecule has 5 aromatic rings. The molecule has 1 unspecified atom stereocenters. The lowest BCUT2D eigenvalue weighted by atomic mass is 10.0. The molecule has 4 heterocycles. The zero-order chi connectivity index (χ0) is 29.1. The van der Waals surface area contributed by atoms with Crippen molar-refractivity contribution in [3.8, 4) is 5.69 Å². The van der Waals surface area contributed by atoms with Crippen LogP contribution in [0.15, 0.2) is 99.1 Å². The van der Waals surface area contributed by atoms with E-state index >= 15 is 0 Å². The number of hydrazone groups is 1. The van der Waals surface area contributed by atoms with Gasteiger partial charge in [0.25, 0.3) is 11.8 Å². The van der Waals surface area contributed by atoms with Crippen LogP contribution in [0.2, 0.25) is 0 Å². The largest absolute Gasteiger partial charge is 0.459 e. The highest BCUT2D eigenvalue weighted by Crippen LogP contribution is 2.35. The summed E-state index contributed by atoms with van der Waals surface area (Å²) in [6.45, 7) is 0.00560. The Kier molecular flexibility index (Phi) is 7.93. The number of nitrogens with one attached hydrogen (secondary N) is 1. The van der Waals surface area contributed by atoms with Gasteiger partial charge in [0.1, 0.15) is 11.6 Å². The van der Waals surface area contributed by atoms with Crippen LogP contribution in [-0.4, -0.2) is 43.1 Å². The molecule has 3 aromatic heterocycles. The van der Waals surface area contributed by atoms with Gasteiger partial charge in [-0.3, -0.25) is 14.2 Å². The first kappa shape index (κ1) is 27.5. The molecule has 0 aliphatic carbocycles. The molecule has 0 spiro atoms. The summed E-state index contributed by atoms with van der Waals surface area (Å²) in [5, 5.41) is 19.6. The number of aromatic nitrogens is 3. The van der Waals surface area contributed by atoms with E-state index in [2.05, 4.69) is 20.6 Å². The minimum absolute atomic E-state index is 0.00560. The second-order valence-corrected chi connectivity index (χ2v) is 11.1. The molecule has 1 atom stereocenters. The summed E-state index contributed by atoms with van der Waals surface area (Å²) in [5.41, 5.74) is 2.11. The number of rotatable bonds is 9. The molecular formula is C29H22F2N6O3S2. The van der Waals surface area contributed by atoms with E-state index < -0.39 is 17.8 Å². The fraction of sp³-hybridized carbons (Fsp3) is 0.138. The van der Waals surface area contributed by atoms with Crippen molar-refractivity contribution >= 4 is 40.6 Å². The standard InChI is InChI=1S/C29H22F2N6O3S2/c30-19-7-5-18(6-8-19)23-15-22(25-4-2-14-41-25)35-37(23)27(38)17-42-29-34-33-26(16-32-28(39)24-3-1-13-40-24)36(29)21-11-9-20(31)10-12-21/h1-14,23H,15-17H2,(H,32,39). The van der Waals surface area contributed by atoms with E-state index in [4.69, 9.17) is 4.42 Å². The van der Waals surface area contributed by atoms with E-state index in [9.17, 15) is 18.4 Å². The molecule has 6 rings (SSSR count). The van der Waals surface area contributed by atoms with Gasteiger partial charge in [-0.2, -0.15) is 5.10 Å². The van der Waals surface area contributed by atoms with Crippen molar-refractivity contribution < 1.29 is 22.8 Å². The Hall–Kier alpha value is -4.62. The van der Waals surface area contributed by atoms with E-state index in [0.717, 1.165) is 27.9 Å². The summed E-state index contributed by atoms with van der Waals surface area (Å²) in [4.78, 5) is 27.0. The number of hydrogen-bond acceptors (Lipinski definition) is 8. The molecule has 13 heteroatoms. The number of benzene rings is 2. The SMILES string of the molecule is O=C(NCc1nnc(SCC(=O)N2N=C(c3cccs3)CC2c2ccc(F)cc2)n1-c1ccc(F)cc1)c1ccco1. The van der Waals surface area contributed by atoms with Crippen molar-refractivity contribution in [1.29, 1.82) is 0 Å². The van der Waals surface area contributed by atoms with Crippen LogP contribution in [0.1, 0.15) is 39.3 Å². The van der Waals surface area contributed by atoms with Crippen LogP contribution < -0.4 is 5.32 Å². The Bertz CT molecular complexity index is 1720. The molecule has 9 nitrogen and oxygen atoms in total. The maximum absolute atomic E-state index is 13.7. The van der Waals surface area contributed by atoms with Gasteiger partial charge in [0.2, 0.25) is 0 Å². The van der Waals surface area contributed by atoms with Gasteiger partial charge in [0, 0.05) is 12.1 Å². The van der Waals surface area contributed by atoms with E-state index in [1.807, 2.05) is 17.5 Å². The van der Waals surface area contributed by atoms with Gasteiger partial charge in [-0.05, 0) is 65.5 Å². The lowest BCUT2D eigenvalue weighted by Gasteiger charge is -2.22. The molecule has 0 radical (unpaired) electrons. The number of thiophene rings is 1. The monoisotopic (exact) mass is 604 g/mol. The zero-order valence-corrected chi connectivity index (χ0v) is 23.4. The minimum Gasteiger partial charge on any atom is -0.459 e. The van der Waals surface area contributed by atoms with E-state index in [0.29, 0.717) is 23.1 Å². The fourth-order valence-corrected chi connectivity index (χ4v) is 6.03. The van der Waals surface area contributed by atoms with E-state index in [1.54, 1.807) is 34.9 Å². The number of carbonyl (C=O) groups excluding carboxylic acids is 2. The molecule has 0 bridgehead atoms. The Morgan fingerprint density at radius 2 is 1.76 bits per heavy atom. The molecule has 1 aliphatic heterocycles. The van der Waals surface area contributed by atoms with Crippen LogP contribution in [0.25, 0.3) is 5.69 Å². The lowest BCUT2D eigenvalue weighted by Crippen LogP contribution is -2.28. The highest BCUT2D eigenvalue weighted by molar-refractivity contribution is 7.99. The molecule has 2 amide bonds. The summed E-state index contributed by atoms with van der Waals surface area (Å²) >= 11 is 2.67. The van der Waals surface area contributed by atoms with Crippen molar-refractivity contribution in [2.24, 2.45) is 5.10 Å². The minimum atomic E-state index is -0.432. The van der Waals surface area contributed by atoms with Crippen LogP contribution in [0, 0.1) is 11.6 Å². The van der Waals surface area contributed by atoms with Gasteiger partial charge in [-0.15, -0.1) is 21.5 Å². The maximum atomic E-state index is 13.7. The summed E-state index contributed by atoms with van der Waals surface area (Å²) in [6, 6.07) is 18.4. The number of hydrogen-bond donors (Lipinski definition) is 1. The first-order valence-electron chi connectivity index (χ1n) is 12.8. The van der Waals surface area contributed by atoms with Crippen LogP contribution in [-0.2, 0) is 11.3 Å². The van der Waals surface area contributed by atoms with Crippen molar-refractivity contribution in [2.45, 2.75) is 24.2 Å². The van der Waals surface area contributed by atoms with E-state index in [1.165, 1.54) is 52.9 Å². The maximum Gasteiger partial charge on any atom is 0.287 e. The molecule has 42 heavy (non-hydrogen) atoms. The van der Waals surface area contributed by atoms with Gasteiger partial charge >= 0.3 is 0 Å². The van der Waals surface area contributed by atoms with Crippen molar-refractivity contribution in [3.63, 3.8) is 0 Å². The smallest absolute Gasteiger partial charge is 0.287 e. The highest BCUT2D eigenvalue weighted by atomic mass is 32.2. The summed E-state index contributed by atoms with van der Waals surface area (Å²) in [6.07, 6.45) is 1.89. The molecular weight excluding hydrogens is 582 g/mol. The molecule has 1 aliphatic rings. The van der Waals surface area contributed by atoms with Crippen LogP contribution >= 0.6 is 23.1 Å². The molecule has 0 fully saturated rings. The second kappa shape index (κ2) is 12.1. The average molecular weight is 605 g/mol. The molecule has 0 saturated carbocycles. The second-order valence-electron chi connectivity index (χ2n) is 9.19. The zero-order valence-electron chi connectivity index (χ0n) is 21.8. The Morgan fingerprint density at radius 3 is 2.45 bits per heavy atom. The Labute approximate surface area is 246 Å². The Morgan fingerprint density at radius 1 is 1.00 bits per heavy atom. The number of nitrogens with zero attached hydrogens (tertiary/aromatic N) is 5. The van der Waals surface area contributed by atoms with Crippen LogP contribution in [0.4, 0.5) is 8.78 Å². The van der Waals surface area contributed by atoms with Gasteiger partial charge in [0.05, 0.1) is 35.2 Å². The first-order valence-corrected chi connectivity index (χ1v) is 14.7. The first-order chi connectivity index (χ1) is 20.5. The predicted octanol–water partition coefficient (Wildman–Crippen LogP) is 5.60. The third-order valence-electron chi connectivity index (χ3n) is 6.49. The summed E-state index contributed by atoms with van der Waals surface area (Å²) in [5.74, 6) is -0.992. The average Bonchev–Trinajstić information content (AvgIpc) is 3.82. The van der Waals surface area contributed by atoms with Crippen LogP contribution in [0.5, 0.6) is 0 Å². The quantitative estimate of drug-likeness (QED) is 0.220. The van der Waals surface area contributed by atoms with Gasteiger partial charge in [0.15, 0.2) is 16.7 Å². The third-order valence-corrected chi connectivity index (χ3v) is 8.32. The van der Waals surface area contributed by atoms with Gasteiger partial charge in [-0.25, -0.2) is 13.8 Å². The lowest BCUT2D eigenvalue weighted by molar-refractivity contribution is -0.130. The topological polar surface area (TPSA) is 106 Å². The number of thioether (sulfide) groups is 1. The highest BCUT2D eigenvalue weighted by Gasteiger charge is 2.33. The fourth-order valence-electron chi connectivity index (χ4n) is 4.48. The number of halogens is 2. The van der Waals surface area contributed by atoms with Crippen molar-refractivity contribution in [1.82, 2.24) is 25.1 Å². The summed E-state index contributed by atoms with van der Waals surface area (Å²) < 4.78 is 34.1. The van der Waals surface area contributed by atoms with Gasteiger partial charge in [-0.1, -0.05) is 30.0 Å².